The number of ether oxygens (including phenoxy) is 4. The third-order valence-corrected chi connectivity index (χ3v) is 4.82. The maximum Gasteiger partial charge on any atom is 0.260 e. The summed E-state index contributed by atoms with van der Waals surface area (Å²) in [4.78, 5) is 17.0. The van der Waals surface area contributed by atoms with Gasteiger partial charge < -0.3 is 29.1 Å². The highest BCUT2D eigenvalue weighted by molar-refractivity contribution is 9.10. The lowest BCUT2D eigenvalue weighted by Gasteiger charge is -2.10. The van der Waals surface area contributed by atoms with Crippen LogP contribution in [0.5, 0.6) is 23.0 Å². The lowest BCUT2D eigenvalue weighted by molar-refractivity contribution is -0.125. The average Bonchev–Trinajstić information content (AvgIpc) is 3.18. The molecule has 1 aliphatic rings. The molecule has 29 heavy (non-hydrogen) atoms. The van der Waals surface area contributed by atoms with Crippen LogP contribution in [-0.2, 0) is 16.1 Å². The van der Waals surface area contributed by atoms with E-state index in [4.69, 9.17) is 23.8 Å². The van der Waals surface area contributed by atoms with Gasteiger partial charge in [0.2, 0.25) is 6.79 Å². The van der Waals surface area contributed by atoms with E-state index in [1.807, 2.05) is 18.2 Å². The molecular weight excluding hydrogens is 444 g/mol. The molecule has 154 valence electrons. The van der Waals surface area contributed by atoms with Crippen molar-refractivity contribution in [3.8, 4) is 23.0 Å². The second kappa shape index (κ2) is 10.0. The van der Waals surface area contributed by atoms with E-state index in [2.05, 4.69) is 26.4 Å². The van der Waals surface area contributed by atoms with E-state index in [1.54, 1.807) is 26.4 Å². The molecule has 1 amide bonds. The number of fused-ring (bicyclic) bond motifs is 1. The van der Waals surface area contributed by atoms with E-state index >= 15 is 0 Å². The van der Waals surface area contributed by atoms with Crippen LogP contribution in [0.1, 0.15) is 11.1 Å². The third kappa shape index (κ3) is 5.54. The van der Waals surface area contributed by atoms with Gasteiger partial charge in [0.15, 0.2) is 29.6 Å². The second-order valence-corrected chi connectivity index (χ2v) is 6.88. The van der Waals surface area contributed by atoms with Crippen molar-refractivity contribution in [1.82, 2.24) is 5.32 Å². The molecule has 0 atom stereocenters. The van der Waals surface area contributed by atoms with E-state index in [0.29, 0.717) is 36.0 Å². The van der Waals surface area contributed by atoms with E-state index in [0.717, 1.165) is 15.6 Å². The number of hydrogen-bond acceptors (Lipinski definition) is 7. The standard InChI is InChI=1S/C20H21BrN2O6/c1-25-16-4-3-13(7-17(16)26-2)5-6-22-20(24)11-29-23-10-14-8-18-19(9-15(14)21)28-12-27-18/h3-4,7-10H,5-6,11-12H2,1-2H3,(H,22,24)/b23-10-. The van der Waals surface area contributed by atoms with Crippen LogP contribution in [0.3, 0.4) is 0 Å². The van der Waals surface area contributed by atoms with Crippen molar-refractivity contribution >= 4 is 28.1 Å². The predicted octanol–water partition coefficient (Wildman–Crippen LogP) is 2.90. The lowest BCUT2D eigenvalue weighted by atomic mass is 10.1. The van der Waals surface area contributed by atoms with E-state index in [9.17, 15) is 4.79 Å². The fourth-order valence-corrected chi connectivity index (χ4v) is 3.08. The molecule has 8 nitrogen and oxygen atoms in total. The second-order valence-electron chi connectivity index (χ2n) is 6.02. The van der Waals surface area contributed by atoms with Crippen molar-refractivity contribution in [1.29, 1.82) is 0 Å². The zero-order valence-corrected chi connectivity index (χ0v) is 17.7. The van der Waals surface area contributed by atoms with Gasteiger partial charge in [-0.25, -0.2) is 0 Å². The van der Waals surface area contributed by atoms with Crippen molar-refractivity contribution in [3.05, 3.63) is 45.9 Å². The molecule has 3 rings (SSSR count). The molecule has 1 N–H and O–H groups in total. The highest BCUT2D eigenvalue weighted by atomic mass is 79.9. The smallest absolute Gasteiger partial charge is 0.260 e. The van der Waals surface area contributed by atoms with Crippen LogP contribution in [-0.4, -0.2) is 46.3 Å². The monoisotopic (exact) mass is 464 g/mol. The number of methoxy groups -OCH3 is 2. The Morgan fingerprint density at radius 2 is 1.93 bits per heavy atom. The van der Waals surface area contributed by atoms with E-state index < -0.39 is 0 Å². The minimum absolute atomic E-state index is 0.176. The van der Waals surface area contributed by atoms with Crippen molar-refractivity contribution in [2.24, 2.45) is 5.16 Å². The molecule has 0 bridgehead atoms. The minimum Gasteiger partial charge on any atom is -0.493 e. The van der Waals surface area contributed by atoms with Crippen LogP contribution in [0.4, 0.5) is 0 Å². The Kier molecular flexibility index (Phi) is 7.18. The third-order valence-electron chi connectivity index (χ3n) is 4.14. The van der Waals surface area contributed by atoms with Crippen molar-refractivity contribution in [2.45, 2.75) is 6.42 Å². The molecule has 0 aromatic heterocycles. The first-order valence-corrected chi connectivity index (χ1v) is 9.62. The molecule has 2 aromatic carbocycles. The van der Waals surface area contributed by atoms with Gasteiger partial charge in [0, 0.05) is 16.6 Å². The molecule has 0 radical (unpaired) electrons. The van der Waals surface area contributed by atoms with Crippen LogP contribution < -0.4 is 24.3 Å². The fourth-order valence-electron chi connectivity index (χ4n) is 2.66. The van der Waals surface area contributed by atoms with Crippen LogP contribution in [0, 0.1) is 0 Å². The summed E-state index contributed by atoms with van der Waals surface area (Å²) in [6, 6.07) is 9.22. The molecule has 2 aromatic rings. The quantitative estimate of drug-likeness (QED) is 0.453. The summed E-state index contributed by atoms with van der Waals surface area (Å²) >= 11 is 3.43. The molecule has 1 aliphatic heterocycles. The van der Waals surface area contributed by atoms with Crippen molar-refractivity contribution < 1.29 is 28.6 Å². The maximum absolute atomic E-state index is 11.9. The Bertz CT molecular complexity index is 903. The zero-order chi connectivity index (χ0) is 20.6. The zero-order valence-electron chi connectivity index (χ0n) is 16.1. The molecule has 0 saturated heterocycles. The number of rotatable bonds is 9. The molecular formula is C20H21BrN2O6. The number of carbonyl (C=O) groups is 1. The highest BCUT2D eigenvalue weighted by Gasteiger charge is 2.15. The van der Waals surface area contributed by atoms with Crippen molar-refractivity contribution in [3.63, 3.8) is 0 Å². The van der Waals surface area contributed by atoms with Gasteiger partial charge in [-0.3, -0.25) is 4.79 Å². The first kappa shape index (κ1) is 20.8. The molecule has 0 fully saturated rings. The van der Waals surface area contributed by atoms with E-state index in [-0.39, 0.29) is 19.3 Å². The van der Waals surface area contributed by atoms with Crippen LogP contribution in [0.25, 0.3) is 0 Å². The number of halogens is 1. The summed E-state index contributed by atoms with van der Waals surface area (Å²) in [6.07, 6.45) is 2.16. The first-order valence-electron chi connectivity index (χ1n) is 8.82. The summed E-state index contributed by atoms with van der Waals surface area (Å²) in [5, 5.41) is 6.62. The van der Waals surface area contributed by atoms with Gasteiger partial charge in [-0.15, -0.1) is 0 Å². The Labute approximate surface area is 176 Å². The minimum atomic E-state index is -0.257. The summed E-state index contributed by atoms with van der Waals surface area (Å²) in [7, 11) is 3.18. The van der Waals surface area contributed by atoms with Crippen molar-refractivity contribution in [2.75, 3.05) is 34.2 Å². The molecule has 1 heterocycles. The molecule has 0 spiro atoms. The van der Waals surface area contributed by atoms with Crippen LogP contribution >= 0.6 is 15.9 Å². The van der Waals surface area contributed by atoms with Crippen LogP contribution in [0.2, 0.25) is 0 Å². The Hall–Kier alpha value is -2.94. The fraction of sp³-hybridized carbons (Fsp3) is 0.300. The average molecular weight is 465 g/mol. The first-order chi connectivity index (χ1) is 14.1. The predicted molar refractivity (Wildman–Crippen MR) is 110 cm³/mol. The van der Waals surface area contributed by atoms with Crippen LogP contribution in [0.15, 0.2) is 40.0 Å². The van der Waals surface area contributed by atoms with Gasteiger partial charge in [0.1, 0.15) is 0 Å². The topological polar surface area (TPSA) is 87.6 Å². The number of carbonyl (C=O) groups excluding carboxylic acids is 1. The molecule has 0 saturated carbocycles. The molecule has 9 heteroatoms. The number of nitrogens with one attached hydrogen (secondary N) is 1. The summed E-state index contributed by atoms with van der Waals surface area (Å²) < 4.78 is 21.9. The number of amides is 1. The van der Waals surface area contributed by atoms with Gasteiger partial charge in [-0.05, 0) is 52.2 Å². The summed E-state index contributed by atoms with van der Waals surface area (Å²) in [5.74, 6) is 2.38. The number of nitrogens with zero attached hydrogens (tertiary/aromatic N) is 1. The van der Waals surface area contributed by atoms with Gasteiger partial charge in [-0.2, -0.15) is 0 Å². The van der Waals surface area contributed by atoms with Gasteiger partial charge in [-0.1, -0.05) is 11.2 Å². The lowest BCUT2D eigenvalue weighted by Crippen LogP contribution is -2.28. The molecule has 0 unspecified atom stereocenters. The molecule has 0 aliphatic carbocycles. The summed E-state index contributed by atoms with van der Waals surface area (Å²) in [5.41, 5.74) is 1.78. The number of oxime groups is 1. The van der Waals surface area contributed by atoms with Gasteiger partial charge in [0.25, 0.3) is 5.91 Å². The Morgan fingerprint density at radius 3 is 2.69 bits per heavy atom. The largest absolute Gasteiger partial charge is 0.493 e. The SMILES string of the molecule is COc1ccc(CCNC(=O)CO/N=C\c2cc3c(cc2Br)OCO3)cc1OC. The van der Waals surface area contributed by atoms with Gasteiger partial charge in [0.05, 0.1) is 20.4 Å². The Balaban J connectivity index is 1.41. The number of benzene rings is 2. The van der Waals surface area contributed by atoms with E-state index in [1.165, 1.54) is 6.21 Å². The maximum atomic E-state index is 11.9. The number of hydrogen-bond donors (Lipinski definition) is 1. The van der Waals surface area contributed by atoms with Gasteiger partial charge >= 0.3 is 0 Å². The Morgan fingerprint density at radius 1 is 1.17 bits per heavy atom. The highest BCUT2D eigenvalue weighted by Crippen LogP contribution is 2.36. The summed E-state index contributed by atoms with van der Waals surface area (Å²) in [6.45, 7) is 0.488. The normalized spacial score (nSPS) is 12.1.